The highest BCUT2D eigenvalue weighted by Gasteiger charge is 2.25. The topological polar surface area (TPSA) is 50.4 Å². The van der Waals surface area contributed by atoms with Gasteiger partial charge in [-0.3, -0.25) is 4.79 Å². The number of nitrogens with one attached hydrogen (secondary N) is 2. The molecule has 4 heteroatoms. The molecule has 1 heterocycles. The van der Waals surface area contributed by atoms with Crippen molar-refractivity contribution in [1.82, 2.24) is 10.6 Å². The van der Waals surface area contributed by atoms with Crippen LogP contribution in [-0.4, -0.2) is 25.6 Å². The van der Waals surface area contributed by atoms with Gasteiger partial charge in [0.2, 0.25) is 5.91 Å². The molecule has 4 nitrogen and oxygen atoms in total. The first-order chi connectivity index (χ1) is 9.26. The Balaban J connectivity index is 2.08. The van der Waals surface area contributed by atoms with Crippen molar-refractivity contribution in [3.05, 3.63) is 29.8 Å². The Morgan fingerprint density at radius 1 is 1.53 bits per heavy atom. The van der Waals surface area contributed by atoms with Crippen molar-refractivity contribution in [2.45, 2.75) is 38.3 Å². The van der Waals surface area contributed by atoms with Crippen LogP contribution < -0.4 is 15.4 Å². The molecule has 0 saturated carbocycles. The average Bonchev–Trinajstić information content (AvgIpc) is 2.98. The van der Waals surface area contributed by atoms with Crippen molar-refractivity contribution in [2.75, 3.05) is 13.7 Å². The summed E-state index contributed by atoms with van der Waals surface area (Å²) in [5.74, 6) is 0.921. The van der Waals surface area contributed by atoms with Crippen LogP contribution in [0.15, 0.2) is 24.3 Å². The van der Waals surface area contributed by atoms with Crippen molar-refractivity contribution in [3.8, 4) is 5.75 Å². The number of amides is 1. The van der Waals surface area contributed by atoms with Crippen LogP contribution in [0.2, 0.25) is 0 Å². The highest BCUT2D eigenvalue weighted by molar-refractivity contribution is 5.82. The third-order valence-corrected chi connectivity index (χ3v) is 3.62. The van der Waals surface area contributed by atoms with Crippen molar-refractivity contribution in [3.63, 3.8) is 0 Å². The Bertz CT molecular complexity index is 428. The van der Waals surface area contributed by atoms with Gasteiger partial charge < -0.3 is 15.4 Å². The maximum absolute atomic E-state index is 12.2. The number of methoxy groups -OCH3 is 1. The highest BCUT2D eigenvalue weighted by Crippen LogP contribution is 2.27. The normalized spacial score (nSPS) is 20.0. The first-order valence-corrected chi connectivity index (χ1v) is 6.93. The smallest absolute Gasteiger partial charge is 0.237 e. The second-order valence-corrected chi connectivity index (χ2v) is 4.86. The van der Waals surface area contributed by atoms with E-state index in [0.29, 0.717) is 0 Å². The van der Waals surface area contributed by atoms with Gasteiger partial charge in [0.25, 0.3) is 0 Å². The van der Waals surface area contributed by atoms with Crippen LogP contribution in [0.4, 0.5) is 0 Å². The maximum Gasteiger partial charge on any atom is 0.237 e. The highest BCUT2D eigenvalue weighted by atomic mass is 16.5. The van der Waals surface area contributed by atoms with Crippen molar-refractivity contribution >= 4 is 5.91 Å². The van der Waals surface area contributed by atoms with Crippen molar-refractivity contribution in [1.29, 1.82) is 0 Å². The van der Waals surface area contributed by atoms with Crippen LogP contribution in [0.1, 0.15) is 37.8 Å². The molecular weight excluding hydrogens is 240 g/mol. The number of benzene rings is 1. The molecule has 1 saturated heterocycles. The fraction of sp³-hybridized carbons (Fsp3) is 0.533. The molecule has 104 valence electrons. The van der Waals surface area contributed by atoms with Crippen molar-refractivity contribution in [2.24, 2.45) is 0 Å². The molecule has 2 rings (SSSR count). The van der Waals surface area contributed by atoms with Gasteiger partial charge in [-0.2, -0.15) is 0 Å². The summed E-state index contributed by atoms with van der Waals surface area (Å²) in [5.41, 5.74) is 1.04. The summed E-state index contributed by atoms with van der Waals surface area (Å²) in [5, 5.41) is 6.34. The van der Waals surface area contributed by atoms with Crippen LogP contribution >= 0.6 is 0 Å². The fourth-order valence-corrected chi connectivity index (χ4v) is 2.53. The molecule has 1 fully saturated rings. The first-order valence-electron chi connectivity index (χ1n) is 6.93. The number of ether oxygens (including phenoxy) is 1. The van der Waals surface area contributed by atoms with Gasteiger partial charge in [0.05, 0.1) is 19.2 Å². The number of carbonyl (C=O) groups excluding carboxylic acids is 1. The maximum atomic E-state index is 12.2. The van der Waals surface area contributed by atoms with E-state index in [1.807, 2.05) is 24.3 Å². The average molecular weight is 262 g/mol. The van der Waals surface area contributed by atoms with E-state index < -0.39 is 0 Å². The molecule has 2 N–H and O–H groups in total. The van der Waals surface area contributed by atoms with Gasteiger partial charge in [0.15, 0.2) is 0 Å². The van der Waals surface area contributed by atoms with Gasteiger partial charge in [0.1, 0.15) is 5.75 Å². The summed E-state index contributed by atoms with van der Waals surface area (Å²) < 4.78 is 5.37. The minimum Gasteiger partial charge on any atom is -0.496 e. The Hall–Kier alpha value is -1.55. The van der Waals surface area contributed by atoms with Crippen LogP contribution in [0.5, 0.6) is 5.75 Å². The zero-order chi connectivity index (χ0) is 13.7. The third kappa shape index (κ3) is 3.26. The molecular formula is C15H22N2O2. The van der Waals surface area contributed by atoms with E-state index in [4.69, 9.17) is 4.74 Å². The molecule has 0 aromatic heterocycles. The second kappa shape index (κ2) is 6.57. The monoisotopic (exact) mass is 262 g/mol. The molecule has 1 amide bonds. The number of carbonyl (C=O) groups is 1. The van der Waals surface area contributed by atoms with Crippen LogP contribution in [-0.2, 0) is 4.79 Å². The first kappa shape index (κ1) is 13.9. The number of hydrogen-bond acceptors (Lipinski definition) is 3. The van der Waals surface area contributed by atoms with E-state index in [9.17, 15) is 4.79 Å². The molecule has 1 aliphatic rings. The Morgan fingerprint density at radius 3 is 2.95 bits per heavy atom. The van der Waals surface area contributed by atoms with Gasteiger partial charge in [-0.25, -0.2) is 0 Å². The van der Waals surface area contributed by atoms with E-state index in [1.165, 1.54) is 0 Å². The van der Waals surface area contributed by atoms with Gasteiger partial charge in [-0.05, 0) is 31.9 Å². The lowest BCUT2D eigenvalue weighted by atomic mass is 10.0. The van der Waals surface area contributed by atoms with E-state index >= 15 is 0 Å². The molecule has 0 spiro atoms. The minimum absolute atomic E-state index is 0.00560. The molecule has 0 bridgehead atoms. The quantitative estimate of drug-likeness (QED) is 0.853. The van der Waals surface area contributed by atoms with Crippen LogP contribution in [0.25, 0.3) is 0 Å². The SMILES string of the molecule is CCC(NC(=O)C1CCCN1)c1ccccc1OC. The van der Waals surface area contributed by atoms with Crippen LogP contribution in [0.3, 0.4) is 0 Å². The summed E-state index contributed by atoms with van der Waals surface area (Å²) in [6.07, 6.45) is 2.84. The van der Waals surface area contributed by atoms with E-state index in [2.05, 4.69) is 17.6 Å². The molecule has 1 aromatic rings. The summed E-state index contributed by atoms with van der Waals surface area (Å²) in [4.78, 5) is 12.2. The minimum atomic E-state index is -0.0382. The molecule has 19 heavy (non-hydrogen) atoms. The van der Waals surface area contributed by atoms with E-state index in [0.717, 1.165) is 37.1 Å². The standard InChI is InChI=1S/C15H22N2O2/c1-3-12(11-7-4-5-9-14(11)19-2)17-15(18)13-8-6-10-16-13/h4-5,7,9,12-13,16H,3,6,8,10H2,1-2H3,(H,17,18). The largest absolute Gasteiger partial charge is 0.496 e. The number of rotatable bonds is 5. The number of para-hydroxylation sites is 1. The van der Waals surface area contributed by atoms with Crippen molar-refractivity contribution < 1.29 is 9.53 Å². The molecule has 1 aromatic carbocycles. The summed E-state index contributed by atoms with van der Waals surface area (Å²) in [6.45, 7) is 3.00. The van der Waals surface area contributed by atoms with Crippen LogP contribution in [0, 0.1) is 0 Å². The number of hydrogen-bond donors (Lipinski definition) is 2. The lowest BCUT2D eigenvalue weighted by molar-refractivity contribution is -0.123. The van der Waals surface area contributed by atoms with E-state index in [1.54, 1.807) is 7.11 Å². The third-order valence-electron chi connectivity index (χ3n) is 3.62. The summed E-state index contributed by atoms with van der Waals surface area (Å²) in [6, 6.07) is 7.82. The van der Waals surface area contributed by atoms with Gasteiger partial charge in [-0.15, -0.1) is 0 Å². The Kier molecular flexibility index (Phi) is 4.80. The predicted molar refractivity (Wildman–Crippen MR) is 75.2 cm³/mol. The van der Waals surface area contributed by atoms with Gasteiger partial charge in [0, 0.05) is 5.56 Å². The second-order valence-electron chi connectivity index (χ2n) is 4.86. The van der Waals surface area contributed by atoms with Gasteiger partial charge >= 0.3 is 0 Å². The molecule has 0 radical (unpaired) electrons. The summed E-state index contributed by atoms with van der Waals surface area (Å²) in [7, 11) is 1.66. The Labute approximate surface area is 114 Å². The Morgan fingerprint density at radius 2 is 2.32 bits per heavy atom. The van der Waals surface area contributed by atoms with Gasteiger partial charge in [-0.1, -0.05) is 25.1 Å². The molecule has 0 aliphatic carbocycles. The fourth-order valence-electron chi connectivity index (χ4n) is 2.53. The lowest BCUT2D eigenvalue weighted by Crippen LogP contribution is -2.42. The van der Waals surface area contributed by atoms with E-state index in [-0.39, 0.29) is 18.0 Å². The lowest BCUT2D eigenvalue weighted by Gasteiger charge is -2.21. The molecule has 1 aliphatic heterocycles. The zero-order valence-corrected chi connectivity index (χ0v) is 11.6. The zero-order valence-electron chi connectivity index (χ0n) is 11.6. The molecule has 2 atom stereocenters. The predicted octanol–water partition coefficient (Wildman–Crippen LogP) is 2.01. The molecule has 2 unspecified atom stereocenters. The summed E-state index contributed by atoms with van der Waals surface area (Å²) >= 11 is 0.